The lowest BCUT2D eigenvalue weighted by Gasteiger charge is -2.31. The molecule has 0 aromatic carbocycles. The lowest BCUT2D eigenvalue weighted by molar-refractivity contribution is -0.0589. The Bertz CT molecular complexity index is 484. The van der Waals surface area contributed by atoms with E-state index in [0.29, 0.717) is 25.4 Å². The molecule has 5 heteroatoms. The molecule has 0 bridgehead atoms. The average molecular weight is 290 g/mol. The molecule has 1 aromatic rings. The smallest absolute Gasteiger partial charge is 0.253 e. The van der Waals surface area contributed by atoms with Gasteiger partial charge in [0.05, 0.1) is 24.8 Å². The molecule has 2 heterocycles. The van der Waals surface area contributed by atoms with E-state index in [1.807, 2.05) is 19.9 Å². The van der Waals surface area contributed by atoms with Crippen LogP contribution in [-0.4, -0.2) is 42.9 Å². The number of carbonyl (C=O) groups excluding carboxylic acids is 1. The number of nitrogens with one attached hydrogen (secondary N) is 1. The van der Waals surface area contributed by atoms with Gasteiger partial charge in [-0.1, -0.05) is 11.6 Å². The van der Waals surface area contributed by atoms with E-state index in [4.69, 9.17) is 9.47 Å². The van der Waals surface area contributed by atoms with Gasteiger partial charge in [-0.05, 0) is 32.4 Å². The molecule has 0 saturated carbocycles. The average Bonchev–Trinajstić information content (AvgIpc) is 2.49. The third-order valence-corrected chi connectivity index (χ3v) is 3.35. The van der Waals surface area contributed by atoms with Crippen LogP contribution >= 0.6 is 0 Å². The number of amides is 1. The highest BCUT2D eigenvalue weighted by Gasteiger charge is 2.28. The molecule has 1 amide bonds. The summed E-state index contributed by atoms with van der Waals surface area (Å²) < 4.78 is 11.3. The van der Waals surface area contributed by atoms with Crippen molar-refractivity contribution in [2.75, 3.05) is 19.8 Å². The highest BCUT2D eigenvalue weighted by atomic mass is 16.5. The lowest BCUT2D eigenvalue weighted by Crippen LogP contribution is -2.50. The molecule has 114 valence electrons. The van der Waals surface area contributed by atoms with Gasteiger partial charge < -0.3 is 14.8 Å². The Morgan fingerprint density at radius 1 is 1.57 bits per heavy atom. The highest BCUT2D eigenvalue weighted by Crippen LogP contribution is 2.13. The Labute approximate surface area is 125 Å². The number of pyridine rings is 1. The summed E-state index contributed by atoms with van der Waals surface area (Å²) in [6, 6.07) is 3.47. The van der Waals surface area contributed by atoms with Crippen molar-refractivity contribution in [2.24, 2.45) is 0 Å². The first-order valence-corrected chi connectivity index (χ1v) is 7.20. The zero-order valence-electron chi connectivity index (χ0n) is 12.5. The zero-order chi connectivity index (χ0) is 15.1. The second kappa shape index (κ2) is 7.90. The van der Waals surface area contributed by atoms with Crippen LogP contribution < -0.4 is 5.32 Å². The predicted molar refractivity (Wildman–Crippen MR) is 80.1 cm³/mol. The van der Waals surface area contributed by atoms with E-state index in [1.165, 1.54) is 5.57 Å². The van der Waals surface area contributed by atoms with Crippen LogP contribution in [0.3, 0.4) is 0 Å². The second-order valence-electron chi connectivity index (χ2n) is 5.34. The zero-order valence-corrected chi connectivity index (χ0v) is 12.5. The molecule has 1 saturated heterocycles. The van der Waals surface area contributed by atoms with Gasteiger partial charge in [0.1, 0.15) is 6.10 Å². The molecule has 1 aliphatic heterocycles. The number of ether oxygens (including phenoxy) is 2. The fraction of sp³-hybridized carbons (Fsp3) is 0.500. The number of hydrogen-bond acceptors (Lipinski definition) is 4. The van der Waals surface area contributed by atoms with Gasteiger partial charge in [-0.15, -0.1) is 0 Å². The molecule has 1 fully saturated rings. The first-order chi connectivity index (χ1) is 10.2. The molecule has 2 rings (SSSR count). The topological polar surface area (TPSA) is 60.5 Å². The normalized spacial score (nSPS) is 21.6. The third-order valence-electron chi connectivity index (χ3n) is 3.35. The standard InChI is InChI=1S/C16H22N2O3/c1-12(2)5-9-21-15-11-20-8-6-14(15)18-16(19)13-4-3-7-17-10-13/h3-5,7,10,14-15H,6,8-9,11H2,1-2H3,(H,18,19)/t14-,15-/m0/s1. The summed E-state index contributed by atoms with van der Waals surface area (Å²) in [5.41, 5.74) is 1.77. The minimum absolute atomic E-state index is 0.0305. The summed E-state index contributed by atoms with van der Waals surface area (Å²) in [6.07, 6.45) is 5.87. The Morgan fingerprint density at radius 3 is 3.14 bits per heavy atom. The van der Waals surface area contributed by atoms with Gasteiger partial charge in [0.25, 0.3) is 5.91 Å². The van der Waals surface area contributed by atoms with Crippen LogP contribution in [0.25, 0.3) is 0 Å². The first-order valence-electron chi connectivity index (χ1n) is 7.20. The van der Waals surface area contributed by atoms with E-state index in [2.05, 4.69) is 10.3 Å². The molecular formula is C16H22N2O3. The van der Waals surface area contributed by atoms with Crippen molar-refractivity contribution < 1.29 is 14.3 Å². The number of rotatable bonds is 5. The van der Waals surface area contributed by atoms with Crippen molar-refractivity contribution >= 4 is 5.91 Å². The quantitative estimate of drug-likeness (QED) is 0.842. The van der Waals surface area contributed by atoms with Gasteiger partial charge in [-0.2, -0.15) is 0 Å². The van der Waals surface area contributed by atoms with Gasteiger partial charge in [-0.25, -0.2) is 0 Å². The predicted octanol–water partition coefficient (Wildman–Crippen LogP) is 1.95. The van der Waals surface area contributed by atoms with Crippen molar-refractivity contribution in [2.45, 2.75) is 32.4 Å². The summed E-state index contributed by atoms with van der Waals surface area (Å²) in [5, 5.41) is 3.02. The molecule has 1 N–H and O–H groups in total. The molecule has 0 radical (unpaired) electrons. The number of aromatic nitrogens is 1. The molecule has 2 atom stereocenters. The minimum Gasteiger partial charge on any atom is -0.379 e. The highest BCUT2D eigenvalue weighted by molar-refractivity contribution is 5.94. The van der Waals surface area contributed by atoms with Crippen LogP contribution in [0.5, 0.6) is 0 Å². The maximum atomic E-state index is 12.2. The van der Waals surface area contributed by atoms with Crippen LogP contribution in [-0.2, 0) is 9.47 Å². The number of allylic oxidation sites excluding steroid dienone is 1. The van der Waals surface area contributed by atoms with E-state index < -0.39 is 0 Å². The van der Waals surface area contributed by atoms with Crippen LogP contribution in [0, 0.1) is 0 Å². The lowest BCUT2D eigenvalue weighted by atomic mass is 10.1. The van der Waals surface area contributed by atoms with Gasteiger partial charge in [0, 0.05) is 19.0 Å². The van der Waals surface area contributed by atoms with E-state index in [-0.39, 0.29) is 18.1 Å². The monoisotopic (exact) mass is 290 g/mol. The van der Waals surface area contributed by atoms with E-state index in [0.717, 1.165) is 6.42 Å². The Morgan fingerprint density at radius 2 is 2.43 bits per heavy atom. The van der Waals surface area contributed by atoms with Crippen LogP contribution in [0.15, 0.2) is 36.2 Å². The van der Waals surface area contributed by atoms with Gasteiger partial charge in [0.2, 0.25) is 0 Å². The van der Waals surface area contributed by atoms with Gasteiger partial charge >= 0.3 is 0 Å². The fourth-order valence-corrected chi connectivity index (χ4v) is 2.13. The first kappa shape index (κ1) is 15.7. The SMILES string of the molecule is CC(C)=CCO[C@H]1COCC[C@@H]1NC(=O)c1cccnc1. The van der Waals surface area contributed by atoms with Crippen molar-refractivity contribution in [1.82, 2.24) is 10.3 Å². The summed E-state index contributed by atoms with van der Waals surface area (Å²) in [4.78, 5) is 16.1. The van der Waals surface area contributed by atoms with Crippen LogP contribution in [0.2, 0.25) is 0 Å². The minimum atomic E-state index is -0.120. The molecule has 1 aromatic heterocycles. The number of carbonyl (C=O) groups is 1. The van der Waals surface area contributed by atoms with Gasteiger partial charge in [0.15, 0.2) is 0 Å². The number of hydrogen-bond donors (Lipinski definition) is 1. The largest absolute Gasteiger partial charge is 0.379 e. The third kappa shape index (κ3) is 4.95. The van der Waals surface area contributed by atoms with Crippen LogP contribution in [0.1, 0.15) is 30.6 Å². The molecular weight excluding hydrogens is 268 g/mol. The second-order valence-corrected chi connectivity index (χ2v) is 5.34. The van der Waals surface area contributed by atoms with E-state index >= 15 is 0 Å². The van der Waals surface area contributed by atoms with Crippen molar-refractivity contribution in [3.8, 4) is 0 Å². The van der Waals surface area contributed by atoms with Crippen molar-refractivity contribution in [1.29, 1.82) is 0 Å². The summed E-state index contributed by atoms with van der Waals surface area (Å²) in [6.45, 7) is 5.75. The van der Waals surface area contributed by atoms with Crippen molar-refractivity contribution in [3.05, 3.63) is 41.7 Å². The molecule has 21 heavy (non-hydrogen) atoms. The van der Waals surface area contributed by atoms with Crippen molar-refractivity contribution in [3.63, 3.8) is 0 Å². The van der Waals surface area contributed by atoms with E-state index in [1.54, 1.807) is 24.5 Å². The molecule has 0 unspecified atom stereocenters. The summed E-state index contributed by atoms with van der Waals surface area (Å²) >= 11 is 0. The molecule has 1 aliphatic rings. The molecule has 5 nitrogen and oxygen atoms in total. The molecule has 0 aliphatic carbocycles. The fourth-order valence-electron chi connectivity index (χ4n) is 2.13. The summed E-state index contributed by atoms with van der Waals surface area (Å²) in [7, 11) is 0. The van der Waals surface area contributed by atoms with E-state index in [9.17, 15) is 4.79 Å². The van der Waals surface area contributed by atoms with Crippen LogP contribution in [0.4, 0.5) is 0 Å². The van der Waals surface area contributed by atoms with Gasteiger partial charge in [-0.3, -0.25) is 9.78 Å². The Hall–Kier alpha value is -1.72. The maximum Gasteiger partial charge on any atom is 0.253 e. The number of nitrogens with zero attached hydrogens (tertiary/aromatic N) is 1. The molecule has 0 spiro atoms. The Balaban J connectivity index is 1.92. The maximum absolute atomic E-state index is 12.2. The summed E-state index contributed by atoms with van der Waals surface area (Å²) in [5.74, 6) is -0.120. The Kier molecular flexibility index (Phi) is 5.90.